The van der Waals surface area contributed by atoms with E-state index in [0.717, 1.165) is 4.88 Å². The molecule has 8 heteroatoms. The maximum atomic E-state index is 12.0. The van der Waals surface area contributed by atoms with E-state index in [9.17, 15) is 14.7 Å². The van der Waals surface area contributed by atoms with Gasteiger partial charge in [-0.2, -0.15) is 0 Å². The lowest BCUT2D eigenvalue weighted by Crippen LogP contribution is -2.34. The molecule has 0 aliphatic carbocycles. The number of ether oxygens (including phenoxy) is 1. The number of aliphatic hydroxyl groups is 1. The highest BCUT2D eigenvalue weighted by molar-refractivity contribution is 7.12. The van der Waals surface area contributed by atoms with Crippen molar-refractivity contribution in [1.82, 2.24) is 5.32 Å². The molecule has 0 fully saturated rings. The number of thiophene rings is 1. The van der Waals surface area contributed by atoms with Crippen LogP contribution in [-0.4, -0.2) is 24.0 Å². The van der Waals surface area contributed by atoms with Gasteiger partial charge in [-0.25, -0.2) is 0 Å². The Morgan fingerprint density at radius 3 is 2.70 bits per heavy atom. The highest BCUT2D eigenvalue weighted by atomic mass is 32.1. The van der Waals surface area contributed by atoms with Crippen LogP contribution in [0.4, 0.5) is 5.69 Å². The number of amides is 2. The molecule has 3 aromatic rings. The van der Waals surface area contributed by atoms with Crippen LogP contribution >= 0.6 is 11.3 Å². The Bertz CT molecular complexity index is 920. The number of benzene rings is 1. The van der Waals surface area contributed by atoms with E-state index < -0.39 is 17.9 Å². The van der Waals surface area contributed by atoms with E-state index in [-0.39, 0.29) is 6.54 Å². The Labute approximate surface area is 159 Å². The molecule has 3 rings (SSSR count). The molecule has 0 unspecified atom stereocenters. The number of carbonyl (C=O) groups excluding carboxylic acids is 2. The van der Waals surface area contributed by atoms with Crippen molar-refractivity contribution in [2.24, 2.45) is 0 Å². The third kappa shape index (κ3) is 4.55. The molecular weight excluding hydrogens is 368 g/mol. The van der Waals surface area contributed by atoms with Crippen molar-refractivity contribution in [3.05, 3.63) is 70.3 Å². The number of aliphatic hydroxyl groups excluding tert-OH is 1. The maximum absolute atomic E-state index is 12.0. The van der Waals surface area contributed by atoms with Gasteiger partial charge in [-0.15, -0.1) is 11.3 Å². The van der Waals surface area contributed by atoms with Crippen molar-refractivity contribution < 1.29 is 23.8 Å². The molecule has 1 aromatic carbocycles. The van der Waals surface area contributed by atoms with E-state index in [4.69, 9.17) is 9.15 Å². The molecule has 3 N–H and O–H groups in total. The van der Waals surface area contributed by atoms with Crippen LogP contribution in [0.1, 0.15) is 21.6 Å². The molecule has 2 heterocycles. The summed E-state index contributed by atoms with van der Waals surface area (Å²) >= 11 is 1.33. The Kier molecular flexibility index (Phi) is 5.90. The predicted octanol–water partition coefficient (Wildman–Crippen LogP) is 2.69. The van der Waals surface area contributed by atoms with Crippen LogP contribution in [0.25, 0.3) is 0 Å². The molecule has 7 nitrogen and oxygen atoms in total. The second-order valence-corrected chi connectivity index (χ2v) is 6.76. The number of methoxy groups -OCH3 is 1. The molecule has 1 atom stereocenters. The van der Waals surface area contributed by atoms with E-state index in [2.05, 4.69) is 10.6 Å². The Morgan fingerprint density at radius 1 is 1.15 bits per heavy atom. The monoisotopic (exact) mass is 386 g/mol. The predicted molar refractivity (Wildman–Crippen MR) is 101 cm³/mol. The van der Waals surface area contributed by atoms with Gasteiger partial charge in [0.1, 0.15) is 17.6 Å². The maximum Gasteiger partial charge on any atom is 0.313 e. The van der Waals surface area contributed by atoms with Crippen LogP contribution in [0.15, 0.2) is 59.2 Å². The summed E-state index contributed by atoms with van der Waals surface area (Å²) in [6, 6.07) is 13.8. The number of hydrogen-bond acceptors (Lipinski definition) is 6. The smallest absolute Gasteiger partial charge is 0.313 e. The Hall–Kier alpha value is -3.10. The highest BCUT2D eigenvalue weighted by Gasteiger charge is 2.18. The Balaban J connectivity index is 1.55. The second-order valence-electron chi connectivity index (χ2n) is 5.56. The standard InChI is InChI=1S/C19H18N2O5S/c1-25-14-6-3-2-5-13(14)21-19(24)18(23)20-11-12-8-9-16(27-12)17(22)15-7-4-10-26-15/h2-10,17,22H,11H2,1H3,(H,20,23)(H,21,24)/t17-/m0/s1. The minimum Gasteiger partial charge on any atom is -0.495 e. The topological polar surface area (TPSA) is 101 Å². The average Bonchev–Trinajstić information content (AvgIpc) is 3.38. The first kappa shape index (κ1) is 18.7. The Morgan fingerprint density at radius 2 is 1.96 bits per heavy atom. The van der Waals surface area contributed by atoms with Crippen molar-refractivity contribution in [3.63, 3.8) is 0 Å². The van der Waals surface area contributed by atoms with Gasteiger partial charge < -0.3 is 24.9 Å². The summed E-state index contributed by atoms with van der Waals surface area (Å²) in [7, 11) is 1.48. The van der Waals surface area contributed by atoms with Gasteiger partial charge in [0.15, 0.2) is 0 Å². The van der Waals surface area contributed by atoms with Gasteiger partial charge in [0, 0.05) is 9.75 Å². The second kappa shape index (κ2) is 8.52. The lowest BCUT2D eigenvalue weighted by Gasteiger charge is -2.09. The minimum absolute atomic E-state index is 0.174. The molecule has 0 saturated carbocycles. The zero-order valence-electron chi connectivity index (χ0n) is 14.5. The van der Waals surface area contributed by atoms with Gasteiger partial charge in [0.25, 0.3) is 0 Å². The van der Waals surface area contributed by atoms with Crippen LogP contribution in [0.2, 0.25) is 0 Å². The average molecular weight is 386 g/mol. The highest BCUT2D eigenvalue weighted by Crippen LogP contribution is 2.28. The summed E-state index contributed by atoms with van der Waals surface area (Å²) in [6.45, 7) is 0.174. The summed E-state index contributed by atoms with van der Waals surface area (Å²) in [6.07, 6.45) is 0.636. The van der Waals surface area contributed by atoms with Crippen LogP contribution in [-0.2, 0) is 16.1 Å². The number of para-hydroxylation sites is 2. The molecule has 2 amide bonds. The van der Waals surface area contributed by atoms with Crippen molar-refractivity contribution in [2.45, 2.75) is 12.6 Å². The van der Waals surface area contributed by atoms with Crippen molar-refractivity contribution in [3.8, 4) is 5.75 Å². The molecule has 0 aliphatic heterocycles. The van der Waals surface area contributed by atoms with Gasteiger partial charge in [0.2, 0.25) is 0 Å². The summed E-state index contributed by atoms with van der Waals surface area (Å²) in [5.74, 6) is -0.633. The lowest BCUT2D eigenvalue weighted by molar-refractivity contribution is -0.136. The summed E-state index contributed by atoms with van der Waals surface area (Å²) < 4.78 is 10.3. The number of hydrogen-bond donors (Lipinski definition) is 3. The third-order valence-corrected chi connectivity index (χ3v) is 4.89. The number of nitrogens with one attached hydrogen (secondary N) is 2. The molecule has 2 aromatic heterocycles. The fourth-order valence-electron chi connectivity index (χ4n) is 2.40. The van der Waals surface area contributed by atoms with Gasteiger partial charge in [-0.3, -0.25) is 9.59 Å². The fourth-order valence-corrected chi connectivity index (χ4v) is 3.35. The first-order valence-corrected chi connectivity index (χ1v) is 8.92. The molecule has 0 radical (unpaired) electrons. The first-order valence-electron chi connectivity index (χ1n) is 8.10. The van der Waals surface area contributed by atoms with Crippen LogP contribution in [0.5, 0.6) is 5.75 Å². The molecule has 0 spiro atoms. The van der Waals surface area contributed by atoms with Gasteiger partial charge >= 0.3 is 11.8 Å². The normalized spacial score (nSPS) is 11.6. The molecule has 140 valence electrons. The molecule has 0 aliphatic rings. The molecule has 0 bridgehead atoms. The lowest BCUT2D eigenvalue weighted by atomic mass is 10.2. The van der Waals surface area contributed by atoms with E-state index in [0.29, 0.717) is 22.1 Å². The zero-order chi connectivity index (χ0) is 19.2. The SMILES string of the molecule is COc1ccccc1NC(=O)C(=O)NCc1ccc([C@@H](O)c2ccco2)s1. The van der Waals surface area contributed by atoms with Crippen molar-refractivity contribution in [1.29, 1.82) is 0 Å². The van der Waals surface area contributed by atoms with Crippen molar-refractivity contribution >= 4 is 28.8 Å². The fraction of sp³-hybridized carbons (Fsp3) is 0.158. The quantitative estimate of drug-likeness (QED) is 0.566. The van der Waals surface area contributed by atoms with Gasteiger partial charge in [-0.05, 0) is 36.4 Å². The number of anilines is 1. The largest absolute Gasteiger partial charge is 0.495 e. The van der Waals surface area contributed by atoms with Gasteiger partial charge in [0.05, 0.1) is 25.6 Å². The van der Waals surface area contributed by atoms with Crippen molar-refractivity contribution in [2.75, 3.05) is 12.4 Å². The molecule has 0 saturated heterocycles. The number of rotatable bonds is 6. The number of carbonyl (C=O) groups is 2. The van der Waals surface area contributed by atoms with Gasteiger partial charge in [-0.1, -0.05) is 12.1 Å². The first-order chi connectivity index (χ1) is 13.1. The minimum atomic E-state index is -0.858. The van der Waals surface area contributed by atoms with Crippen LogP contribution < -0.4 is 15.4 Å². The molecule has 27 heavy (non-hydrogen) atoms. The summed E-state index contributed by atoms with van der Waals surface area (Å²) in [4.78, 5) is 25.6. The zero-order valence-corrected chi connectivity index (χ0v) is 15.3. The van der Waals surface area contributed by atoms with E-state index >= 15 is 0 Å². The summed E-state index contributed by atoms with van der Waals surface area (Å²) in [5.41, 5.74) is 0.417. The third-order valence-electron chi connectivity index (χ3n) is 3.75. The van der Waals surface area contributed by atoms with Crippen LogP contribution in [0.3, 0.4) is 0 Å². The van der Waals surface area contributed by atoms with Crippen LogP contribution in [0, 0.1) is 0 Å². The number of furan rings is 1. The van der Waals surface area contributed by atoms with E-state index in [1.807, 2.05) is 0 Å². The van der Waals surface area contributed by atoms with E-state index in [1.54, 1.807) is 48.5 Å². The van der Waals surface area contributed by atoms with E-state index in [1.165, 1.54) is 24.7 Å². The molecular formula is C19H18N2O5S. The summed E-state index contributed by atoms with van der Waals surface area (Å²) in [5, 5.41) is 15.3.